The van der Waals surface area contributed by atoms with Crippen LogP contribution < -0.4 is 5.32 Å². The number of halogens is 5. The van der Waals surface area contributed by atoms with E-state index in [1.165, 1.54) is 6.92 Å². The third-order valence-electron chi connectivity index (χ3n) is 3.31. The summed E-state index contributed by atoms with van der Waals surface area (Å²) in [5.41, 5.74) is -2.19. The molecule has 0 atom stereocenters. The highest BCUT2D eigenvalue weighted by molar-refractivity contribution is 6.41. The molecule has 0 aliphatic carbocycles. The van der Waals surface area contributed by atoms with Gasteiger partial charge < -0.3 is 0 Å². The fraction of sp³-hybridized carbons (Fsp3) is 0.214. The maximum absolute atomic E-state index is 12.8. The summed E-state index contributed by atoms with van der Waals surface area (Å²) in [6.07, 6.45) is -4.17. The molecule has 8 nitrogen and oxygen atoms in total. The van der Waals surface area contributed by atoms with E-state index in [4.69, 9.17) is 23.2 Å². The Labute approximate surface area is 159 Å². The lowest BCUT2D eigenvalue weighted by Gasteiger charge is -2.14. The van der Waals surface area contributed by atoms with Crippen LogP contribution in [0.4, 0.5) is 24.7 Å². The van der Waals surface area contributed by atoms with Gasteiger partial charge in [0.05, 0.1) is 20.5 Å². The number of carbonyl (C=O) groups is 2. The fourth-order valence-corrected chi connectivity index (χ4v) is 2.68. The molecule has 2 rings (SSSR count). The second kappa shape index (κ2) is 7.53. The number of alkyl halides is 3. The van der Waals surface area contributed by atoms with E-state index >= 15 is 0 Å². The molecule has 1 amide bonds. The van der Waals surface area contributed by atoms with Gasteiger partial charge in [0.25, 0.3) is 5.91 Å². The summed E-state index contributed by atoms with van der Waals surface area (Å²) in [6.45, 7) is 1.40. The van der Waals surface area contributed by atoms with Crippen molar-refractivity contribution >= 4 is 46.4 Å². The molecule has 1 N–H and O–H groups in total. The van der Waals surface area contributed by atoms with Crippen LogP contribution >= 0.6 is 23.2 Å². The van der Waals surface area contributed by atoms with Crippen molar-refractivity contribution in [3.63, 3.8) is 0 Å². The molecule has 0 spiro atoms. The second-order valence-electron chi connectivity index (χ2n) is 5.06. The van der Waals surface area contributed by atoms with E-state index in [1.807, 2.05) is 5.32 Å². The minimum atomic E-state index is -4.73. The zero-order chi connectivity index (χ0) is 20.5. The Morgan fingerprint density at radius 2 is 1.85 bits per heavy atom. The molecule has 1 heterocycles. The highest BCUT2D eigenvalue weighted by Gasteiger charge is 2.33. The molecular weight excluding hydrogens is 416 g/mol. The number of nitrogens with one attached hydrogen (secondary N) is 1. The summed E-state index contributed by atoms with van der Waals surface area (Å²) >= 11 is 11.7. The highest BCUT2D eigenvalue weighted by Crippen LogP contribution is 2.39. The summed E-state index contributed by atoms with van der Waals surface area (Å²) in [7, 11) is 0. The predicted molar refractivity (Wildman–Crippen MR) is 89.2 cm³/mol. The quantitative estimate of drug-likeness (QED) is 0.442. The van der Waals surface area contributed by atoms with Crippen LogP contribution in [0.5, 0.6) is 0 Å². The van der Waals surface area contributed by atoms with E-state index < -0.39 is 49.9 Å². The number of aromatic nitrogens is 2. The number of nitrogens with zero attached hydrogens (tertiary/aromatic N) is 3. The monoisotopic (exact) mass is 424 g/mol. The molecule has 0 aliphatic heterocycles. The van der Waals surface area contributed by atoms with Gasteiger partial charge in [-0.1, -0.05) is 30.1 Å². The smallest absolute Gasteiger partial charge is 0.298 e. The van der Waals surface area contributed by atoms with Crippen molar-refractivity contribution in [2.45, 2.75) is 19.5 Å². The number of benzene rings is 1. The van der Waals surface area contributed by atoms with E-state index in [1.54, 1.807) is 0 Å². The topological polar surface area (TPSA) is 107 Å². The third-order valence-corrected chi connectivity index (χ3v) is 3.89. The van der Waals surface area contributed by atoms with Gasteiger partial charge in [0, 0.05) is 6.42 Å². The molecule has 0 fully saturated rings. The van der Waals surface area contributed by atoms with Gasteiger partial charge in [-0.25, -0.2) is 4.68 Å². The molecule has 27 heavy (non-hydrogen) atoms. The van der Waals surface area contributed by atoms with E-state index in [0.29, 0.717) is 16.8 Å². The van der Waals surface area contributed by atoms with Crippen LogP contribution in [0.2, 0.25) is 10.0 Å². The number of amides is 1. The van der Waals surface area contributed by atoms with E-state index in [9.17, 15) is 32.9 Å². The molecule has 0 aliphatic rings. The molecule has 13 heteroatoms. The highest BCUT2D eigenvalue weighted by atomic mass is 35.5. The zero-order valence-corrected chi connectivity index (χ0v) is 14.8. The van der Waals surface area contributed by atoms with E-state index in [2.05, 4.69) is 5.10 Å². The minimum absolute atomic E-state index is 0.171. The number of carbonyl (C=O) groups excluding carboxylic acids is 2. The number of nitro groups is 1. The van der Waals surface area contributed by atoms with Gasteiger partial charge >= 0.3 is 11.9 Å². The van der Waals surface area contributed by atoms with Crippen molar-refractivity contribution in [2.24, 2.45) is 0 Å². The van der Waals surface area contributed by atoms with Crippen molar-refractivity contribution in [1.82, 2.24) is 9.78 Å². The summed E-state index contributed by atoms with van der Waals surface area (Å²) in [4.78, 5) is 33.5. The summed E-state index contributed by atoms with van der Waals surface area (Å²) in [6, 6.07) is 1.11. The lowest BCUT2D eigenvalue weighted by molar-refractivity contribution is -0.384. The van der Waals surface area contributed by atoms with E-state index in [0.717, 1.165) is 6.20 Å². The number of hydrogen-bond acceptors (Lipinski definition) is 5. The summed E-state index contributed by atoms with van der Waals surface area (Å²) in [5.74, 6) is -2.61. The SMILES string of the molecule is CCC(=O)C(=O)Nc1c([N+](=O)[O-])cnn1-c1c(Cl)cc(C(F)(F)F)cc1Cl. The average molecular weight is 425 g/mol. The molecule has 2 aromatic rings. The van der Waals surface area contributed by atoms with Crippen LogP contribution in [0.1, 0.15) is 18.9 Å². The van der Waals surface area contributed by atoms with Crippen molar-refractivity contribution < 1.29 is 27.7 Å². The van der Waals surface area contributed by atoms with Gasteiger partial charge in [-0.3, -0.25) is 25.0 Å². The first-order valence-electron chi connectivity index (χ1n) is 7.10. The van der Waals surface area contributed by atoms with Gasteiger partial charge in [0.1, 0.15) is 11.9 Å². The molecular formula is C14H9Cl2F3N4O4. The van der Waals surface area contributed by atoms with Crippen molar-refractivity contribution in [2.75, 3.05) is 5.32 Å². The van der Waals surface area contributed by atoms with Crippen molar-refractivity contribution in [3.8, 4) is 5.69 Å². The van der Waals surface area contributed by atoms with Gasteiger partial charge in [-0.15, -0.1) is 0 Å². The molecule has 0 saturated carbocycles. The van der Waals surface area contributed by atoms with Crippen LogP contribution in [0.3, 0.4) is 0 Å². The summed E-state index contributed by atoms with van der Waals surface area (Å²) < 4.78 is 39.2. The Balaban J connectivity index is 2.65. The fourth-order valence-electron chi connectivity index (χ4n) is 2.03. The molecule has 0 bridgehead atoms. The predicted octanol–water partition coefficient (Wildman–Crippen LogP) is 4.02. The van der Waals surface area contributed by atoms with Crippen molar-refractivity contribution in [3.05, 3.63) is 44.1 Å². The first-order valence-corrected chi connectivity index (χ1v) is 7.86. The number of Topliss-reactive ketones (excluding diaryl/α,β-unsaturated/α-hetero) is 1. The van der Waals surface area contributed by atoms with Crippen LogP contribution in [-0.2, 0) is 15.8 Å². The third kappa shape index (κ3) is 4.19. The standard InChI is InChI=1S/C14H9Cl2F3N4O4/c1-2-10(24)13(25)21-12-9(23(26)27)5-20-22(12)11-7(15)3-6(4-8(11)16)14(17,18)19/h3-5H,2H2,1H3,(H,21,25). The molecule has 0 saturated heterocycles. The Kier molecular flexibility index (Phi) is 5.76. The number of anilines is 1. The van der Waals surface area contributed by atoms with Crippen LogP contribution in [0, 0.1) is 10.1 Å². The lowest BCUT2D eigenvalue weighted by Crippen LogP contribution is -2.24. The molecule has 0 radical (unpaired) electrons. The Bertz CT molecular complexity index is 920. The zero-order valence-electron chi connectivity index (χ0n) is 13.3. The van der Waals surface area contributed by atoms with E-state index in [-0.39, 0.29) is 12.1 Å². The Morgan fingerprint density at radius 1 is 1.30 bits per heavy atom. The maximum Gasteiger partial charge on any atom is 0.416 e. The first-order chi connectivity index (χ1) is 12.5. The molecule has 1 aromatic carbocycles. The Hall–Kier alpha value is -2.66. The van der Waals surface area contributed by atoms with Crippen molar-refractivity contribution in [1.29, 1.82) is 0 Å². The lowest BCUT2D eigenvalue weighted by atomic mass is 10.2. The largest absolute Gasteiger partial charge is 0.416 e. The average Bonchev–Trinajstić information content (AvgIpc) is 2.96. The molecule has 0 unspecified atom stereocenters. The summed E-state index contributed by atoms with van der Waals surface area (Å²) in [5, 5.41) is 15.8. The molecule has 144 valence electrons. The first kappa shape index (κ1) is 20.6. The molecule has 1 aromatic heterocycles. The number of ketones is 1. The van der Waals surface area contributed by atoms with Gasteiger partial charge in [0.15, 0.2) is 0 Å². The maximum atomic E-state index is 12.8. The van der Waals surface area contributed by atoms with Gasteiger partial charge in [-0.05, 0) is 12.1 Å². The Morgan fingerprint density at radius 3 is 2.30 bits per heavy atom. The number of rotatable bonds is 5. The van der Waals surface area contributed by atoms with Crippen LogP contribution in [0.15, 0.2) is 18.3 Å². The second-order valence-corrected chi connectivity index (χ2v) is 5.88. The minimum Gasteiger partial charge on any atom is -0.298 e. The van der Waals surface area contributed by atoms with Crippen LogP contribution in [0.25, 0.3) is 5.69 Å². The van der Waals surface area contributed by atoms with Gasteiger partial charge in [-0.2, -0.15) is 18.3 Å². The van der Waals surface area contributed by atoms with Gasteiger partial charge in [0.2, 0.25) is 11.6 Å². The normalized spacial score (nSPS) is 11.3. The number of hydrogen-bond donors (Lipinski definition) is 1. The van der Waals surface area contributed by atoms with Crippen LogP contribution in [-0.4, -0.2) is 26.4 Å².